The van der Waals surface area contributed by atoms with Crippen LogP contribution in [0.5, 0.6) is 0 Å². The van der Waals surface area contributed by atoms with Crippen molar-refractivity contribution in [2.75, 3.05) is 13.1 Å². The number of nitriles is 1. The molecule has 0 aromatic heterocycles. The van der Waals surface area contributed by atoms with Gasteiger partial charge in [-0.25, -0.2) is 0 Å². The molecule has 62 valence electrons. The lowest BCUT2D eigenvalue weighted by Gasteiger charge is -1.98. The minimum absolute atomic E-state index is 0.00650. The van der Waals surface area contributed by atoms with Crippen LogP contribution in [0.15, 0.2) is 0 Å². The Balaban J connectivity index is 2.92. The summed E-state index contributed by atoms with van der Waals surface area (Å²) in [7, 11) is 0. The van der Waals surface area contributed by atoms with Crippen molar-refractivity contribution in [3.8, 4) is 6.07 Å². The van der Waals surface area contributed by atoms with Crippen LogP contribution >= 0.6 is 0 Å². The molecule has 0 aliphatic heterocycles. The fourth-order valence-corrected chi connectivity index (χ4v) is 0.649. The number of hydrogen-bond acceptors (Lipinski definition) is 3. The molecule has 0 aromatic carbocycles. The van der Waals surface area contributed by atoms with Crippen LogP contribution in [-0.2, 0) is 4.79 Å². The van der Waals surface area contributed by atoms with Crippen molar-refractivity contribution in [3.05, 3.63) is 0 Å². The van der Waals surface area contributed by atoms with Crippen molar-refractivity contribution in [2.24, 2.45) is 0 Å². The maximum absolute atomic E-state index is 9.97. The van der Waals surface area contributed by atoms with Gasteiger partial charge >= 0.3 is 5.97 Å². The van der Waals surface area contributed by atoms with Crippen molar-refractivity contribution in [2.45, 2.75) is 19.3 Å². The second kappa shape index (κ2) is 7.03. The third-order valence-electron chi connectivity index (χ3n) is 1.17. The van der Waals surface area contributed by atoms with Crippen LogP contribution in [0.2, 0.25) is 0 Å². The van der Waals surface area contributed by atoms with Crippen LogP contribution < -0.4 is 5.32 Å². The van der Waals surface area contributed by atoms with E-state index in [-0.39, 0.29) is 6.54 Å². The van der Waals surface area contributed by atoms with E-state index in [4.69, 9.17) is 10.4 Å². The molecule has 0 amide bonds. The van der Waals surface area contributed by atoms with Gasteiger partial charge in [-0.15, -0.1) is 0 Å². The summed E-state index contributed by atoms with van der Waals surface area (Å²) in [6, 6.07) is 2.02. The van der Waals surface area contributed by atoms with Gasteiger partial charge in [0.25, 0.3) is 0 Å². The van der Waals surface area contributed by atoms with Gasteiger partial charge in [-0.05, 0) is 19.4 Å². The zero-order valence-corrected chi connectivity index (χ0v) is 6.34. The standard InChI is InChI=1S/C7H12N2O2/c8-4-2-1-3-5-9-6-7(10)11/h9H,1-3,5-6H2,(H,10,11). The summed E-state index contributed by atoms with van der Waals surface area (Å²) in [5.74, 6) is -0.842. The van der Waals surface area contributed by atoms with E-state index in [1.807, 2.05) is 6.07 Å². The lowest BCUT2D eigenvalue weighted by atomic mass is 10.2. The maximum Gasteiger partial charge on any atom is 0.317 e. The SMILES string of the molecule is N#CCCCCNCC(=O)O. The Kier molecular flexibility index (Phi) is 6.34. The molecule has 2 N–H and O–H groups in total. The van der Waals surface area contributed by atoms with Gasteiger partial charge in [-0.1, -0.05) is 0 Å². The minimum Gasteiger partial charge on any atom is -0.480 e. The highest BCUT2D eigenvalue weighted by atomic mass is 16.4. The molecular weight excluding hydrogens is 144 g/mol. The lowest BCUT2D eigenvalue weighted by molar-refractivity contribution is -0.135. The molecule has 4 nitrogen and oxygen atoms in total. The third kappa shape index (κ3) is 8.92. The van der Waals surface area contributed by atoms with Gasteiger partial charge in [0.15, 0.2) is 0 Å². The largest absolute Gasteiger partial charge is 0.480 e. The van der Waals surface area contributed by atoms with Gasteiger partial charge in [-0.3, -0.25) is 4.79 Å². The molecule has 0 radical (unpaired) electrons. The highest BCUT2D eigenvalue weighted by Crippen LogP contribution is 1.90. The fourth-order valence-electron chi connectivity index (χ4n) is 0.649. The van der Waals surface area contributed by atoms with E-state index in [9.17, 15) is 4.79 Å². The molecule has 0 saturated carbocycles. The second-order valence-electron chi connectivity index (χ2n) is 2.19. The average molecular weight is 156 g/mol. The first kappa shape index (κ1) is 9.92. The molecule has 0 saturated heterocycles. The van der Waals surface area contributed by atoms with Crippen LogP contribution in [-0.4, -0.2) is 24.2 Å². The molecule has 0 bridgehead atoms. The molecule has 11 heavy (non-hydrogen) atoms. The number of unbranched alkanes of at least 4 members (excludes halogenated alkanes) is 2. The topological polar surface area (TPSA) is 73.1 Å². The van der Waals surface area contributed by atoms with Crippen LogP contribution in [0.3, 0.4) is 0 Å². The van der Waals surface area contributed by atoms with Crippen molar-refractivity contribution >= 4 is 5.97 Å². The van der Waals surface area contributed by atoms with Crippen LogP contribution in [0.25, 0.3) is 0 Å². The van der Waals surface area contributed by atoms with Gasteiger partial charge in [0.2, 0.25) is 0 Å². The number of nitrogens with one attached hydrogen (secondary N) is 1. The van der Waals surface area contributed by atoms with Crippen molar-refractivity contribution in [1.29, 1.82) is 5.26 Å². The van der Waals surface area contributed by atoms with Crippen LogP contribution in [0.4, 0.5) is 0 Å². The molecular formula is C7H12N2O2. The summed E-state index contributed by atoms with van der Waals surface area (Å²) in [5.41, 5.74) is 0. The Labute approximate surface area is 65.8 Å². The van der Waals surface area contributed by atoms with Crippen molar-refractivity contribution in [3.63, 3.8) is 0 Å². The quantitative estimate of drug-likeness (QED) is 0.544. The molecule has 0 aromatic rings. The zero-order chi connectivity index (χ0) is 8.53. The van der Waals surface area contributed by atoms with Gasteiger partial charge in [0.05, 0.1) is 12.6 Å². The summed E-state index contributed by atoms with van der Waals surface area (Å²) in [4.78, 5) is 9.97. The third-order valence-corrected chi connectivity index (χ3v) is 1.17. The maximum atomic E-state index is 9.97. The number of nitrogens with zero attached hydrogens (tertiary/aromatic N) is 1. The first-order valence-corrected chi connectivity index (χ1v) is 3.57. The van der Waals surface area contributed by atoms with Gasteiger partial charge in [0.1, 0.15) is 0 Å². The molecule has 0 aliphatic rings. The Morgan fingerprint density at radius 3 is 2.82 bits per heavy atom. The number of hydrogen-bond donors (Lipinski definition) is 2. The van der Waals surface area contributed by atoms with E-state index < -0.39 is 5.97 Å². The van der Waals surface area contributed by atoms with Crippen molar-refractivity contribution < 1.29 is 9.90 Å². The summed E-state index contributed by atoms with van der Waals surface area (Å²) in [6.45, 7) is 0.681. The Hall–Kier alpha value is -1.08. The highest BCUT2D eigenvalue weighted by Gasteiger charge is 1.93. The Morgan fingerprint density at radius 1 is 1.55 bits per heavy atom. The van der Waals surface area contributed by atoms with Gasteiger partial charge in [0, 0.05) is 6.42 Å². The second-order valence-corrected chi connectivity index (χ2v) is 2.19. The van der Waals surface area contributed by atoms with E-state index in [1.54, 1.807) is 0 Å². The predicted molar refractivity (Wildman–Crippen MR) is 40.0 cm³/mol. The van der Waals surface area contributed by atoms with E-state index >= 15 is 0 Å². The molecule has 0 unspecified atom stereocenters. The van der Waals surface area contributed by atoms with Crippen LogP contribution in [0.1, 0.15) is 19.3 Å². The first-order chi connectivity index (χ1) is 5.27. The molecule has 0 aliphatic carbocycles. The van der Waals surface area contributed by atoms with E-state index in [0.717, 1.165) is 12.8 Å². The zero-order valence-electron chi connectivity index (χ0n) is 6.34. The molecule has 4 heteroatoms. The Bertz CT molecular complexity index is 151. The smallest absolute Gasteiger partial charge is 0.317 e. The number of rotatable bonds is 6. The van der Waals surface area contributed by atoms with Crippen LogP contribution in [0, 0.1) is 11.3 Å². The summed E-state index contributed by atoms with van der Waals surface area (Å²) in [6.07, 6.45) is 2.25. The lowest BCUT2D eigenvalue weighted by Crippen LogP contribution is -2.23. The molecule has 0 atom stereocenters. The molecule has 0 heterocycles. The molecule has 0 rings (SSSR count). The molecule has 0 fully saturated rings. The number of carbonyl (C=O) groups is 1. The van der Waals surface area contributed by atoms with E-state index in [0.29, 0.717) is 13.0 Å². The normalized spacial score (nSPS) is 9.00. The molecule has 0 spiro atoms. The average Bonchev–Trinajstić information content (AvgIpc) is 1.96. The van der Waals surface area contributed by atoms with Gasteiger partial charge in [-0.2, -0.15) is 5.26 Å². The fraction of sp³-hybridized carbons (Fsp3) is 0.714. The predicted octanol–water partition coefficient (Wildman–Crippen LogP) is 0.354. The number of carboxylic acids is 1. The number of carboxylic acid groups (broad SMARTS) is 1. The first-order valence-electron chi connectivity index (χ1n) is 3.57. The number of aliphatic carboxylic acids is 1. The summed E-state index contributed by atoms with van der Waals surface area (Å²) < 4.78 is 0. The summed E-state index contributed by atoms with van der Waals surface area (Å²) in [5, 5.41) is 19.1. The highest BCUT2D eigenvalue weighted by molar-refractivity contribution is 5.68. The summed E-state index contributed by atoms with van der Waals surface area (Å²) >= 11 is 0. The Morgan fingerprint density at radius 2 is 2.27 bits per heavy atom. The van der Waals surface area contributed by atoms with E-state index in [1.165, 1.54) is 0 Å². The van der Waals surface area contributed by atoms with Crippen molar-refractivity contribution in [1.82, 2.24) is 5.32 Å². The monoisotopic (exact) mass is 156 g/mol. The minimum atomic E-state index is -0.842. The van der Waals surface area contributed by atoms with E-state index in [2.05, 4.69) is 5.32 Å². The van der Waals surface area contributed by atoms with Gasteiger partial charge < -0.3 is 10.4 Å².